The number of rotatable bonds is 11. The fourth-order valence-corrected chi connectivity index (χ4v) is 3.94. The van der Waals surface area contributed by atoms with E-state index in [2.05, 4.69) is 21.2 Å². The van der Waals surface area contributed by atoms with Crippen LogP contribution in [0.2, 0.25) is 5.02 Å². The summed E-state index contributed by atoms with van der Waals surface area (Å²) in [7, 11) is 0. The van der Waals surface area contributed by atoms with Crippen LogP contribution in [0.3, 0.4) is 0 Å². The van der Waals surface area contributed by atoms with Crippen LogP contribution >= 0.6 is 27.5 Å². The highest BCUT2D eigenvalue weighted by Gasteiger charge is 2.30. The van der Waals surface area contributed by atoms with Crippen LogP contribution in [-0.4, -0.2) is 35.9 Å². The van der Waals surface area contributed by atoms with Gasteiger partial charge < -0.3 is 15.0 Å². The molecule has 3 aromatic carbocycles. The van der Waals surface area contributed by atoms with Gasteiger partial charge in [0.1, 0.15) is 11.8 Å². The van der Waals surface area contributed by atoms with E-state index in [9.17, 15) is 9.59 Å². The zero-order valence-electron chi connectivity index (χ0n) is 19.0. The second-order valence-corrected chi connectivity index (χ2v) is 9.24. The fourth-order valence-electron chi connectivity index (χ4n) is 3.49. The van der Waals surface area contributed by atoms with Gasteiger partial charge in [0, 0.05) is 29.0 Å². The number of carbonyl (C=O) groups excluding carboxylic acids is 2. The van der Waals surface area contributed by atoms with Gasteiger partial charge in [-0.05, 0) is 47.9 Å². The van der Waals surface area contributed by atoms with Gasteiger partial charge in [-0.1, -0.05) is 83.0 Å². The smallest absolute Gasteiger partial charge is 0.261 e. The maximum absolute atomic E-state index is 13.5. The quantitative estimate of drug-likeness (QED) is 0.340. The molecule has 7 heteroatoms. The predicted molar refractivity (Wildman–Crippen MR) is 139 cm³/mol. The number of benzene rings is 3. The summed E-state index contributed by atoms with van der Waals surface area (Å²) < 4.78 is 6.68. The summed E-state index contributed by atoms with van der Waals surface area (Å²) in [5.41, 5.74) is 1.89. The van der Waals surface area contributed by atoms with E-state index in [0.29, 0.717) is 23.7 Å². The van der Waals surface area contributed by atoms with E-state index in [0.717, 1.165) is 22.0 Å². The van der Waals surface area contributed by atoms with Crippen molar-refractivity contribution in [3.05, 3.63) is 99.5 Å². The Morgan fingerprint density at radius 2 is 1.74 bits per heavy atom. The molecule has 3 rings (SSSR count). The standard InChI is InChI=1S/C27H28BrClN2O3/c1-2-15-30-27(33)25(16-20-7-4-3-5-8-20)31(18-21-11-13-22(28)14-12-21)26(32)19-34-24-10-6-9-23(29)17-24/h3-14,17,25H,2,15-16,18-19H2,1H3,(H,30,33). The molecule has 0 fully saturated rings. The number of nitrogens with one attached hydrogen (secondary N) is 1. The Hall–Kier alpha value is -2.83. The van der Waals surface area contributed by atoms with Crippen LogP contribution in [0.5, 0.6) is 5.75 Å². The summed E-state index contributed by atoms with van der Waals surface area (Å²) >= 11 is 9.49. The Morgan fingerprint density at radius 3 is 2.41 bits per heavy atom. The largest absolute Gasteiger partial charge is 0.484 e. The first kappa shape index (κ1) is 25.8. The van der Waals surface area contributed by atoms with Crippen LogP contribution in [0, 0.1) is 0 Å². The molecule has 1 unspecified atom stereocenters. The van der Waals surface area contributed by atoms with Crippen LogP contribution in [0.15, 0.2) is 83.3 Å². The first-order valence-electron chi connectivity index (χ1n) is 11.2. The zero-order valence-corrected chi connectivity index (χ0v) is 21.4. The lowest BCUT2D eigenvalue weighted by molar-refractivity contribution is -0.142. The lowest BCUT2D eigenvalue weighted by Crippen LogP contribution is -2.51. The molecule has 0 saturated heterocycles. The van der Waals surface area contributed by atoms with E-state index in [4.69, 9.17) is 16.3 Å². The molecule has 0 saturated carbocycles. The van der Waals surface area contributed by atoms with Gasteiger partial charge in [0.05, 0.1) is 0 Å². The number of halogens is 2. The van der Waals surface area contributed by atoms with Gasteiger partial charge in [-0.2, -0.15) is 0 Å². The van der Waals surface area contributed by atoms with Crippen LogP contribution in [0.4, 0.5) is 0 Å². The monoisotopic (exact) mass is 542 g/mol. The molecule has 0 bridgehead atoms. The Balaban J connectivity index is 1.88. The van der Waals surface area contributed by atoms with Gasteiger partial charge in [0.15, 0.2) is 6.61 Å². The van der Waals surface area contributed by atoms with Gasteiger partial charge in [-0.15, -0.1) is 0 Å². The Bertz CT molecular complexity index is 1080. The molecule has 34 heavy (non-hydrogen) atoms. The van der Waals surface area contributed by atoms with Crippen LogP contribution in [0.25, 0.3) is 0 Å². The van der Waals surface area contributed by atoms with Crippen molar-refractivity contribution in [1.29, 1.82) is 0 Å². The van der Waals surface area contributed by atoms with E-state index >= 15 is 0 Å². The van der Waals surface area contributed by atoms with E-state index < -0.39 is 6.04 Å². The average Bonchev–Trinajstić information content (AvgIpc) is 2.85. The number of carbonyl (C=O) groups is 2. The molecule has 0 heterocycles. The molecule has 3 aromatic rings. The number of amides is 2. The molecule has 0 aromatic heterocycles. The van der Waals surface area contributed by atoms with Crippen molar-refractivity contribution < 1.29 is 14.3 Å². The maximum atomic E-state index is 13.5. The SMILES string of the molecule is CCCNC(=O)C(Cc1ccccc1)N(Cc1ccc(Br)cc1)C(=O)COc1cccc(Cl)c1. The van der Waals surface area contributed by atoms with Crippen molar-refractivity contribution in [3.8, 4) is 5.75 Å². The molecular weight excluding hydrogens is 516 g/mol. The van der Waals surface area contributed by atoms with Crippen molar-refractivity contribution in [2.45, 2.75) is 32.4 Å². The average molecular weight is 544 g/mol. The third-order valence-corrected chi connectivity index (χ3v) is 6.01. The number of ether oxygens (including phenoxy) is 1. The summed E-state index contributed by atoms with van der Waals surface area (Å²) in [5, 5.41) is 3.49. The highest BCUT2D eigenvalue weighted by molar-refractivity contribution is 9.10. The summed E-state index contributed by atoms with van der Waals surface area (Å²) in [6.07, 6.45) is 1.21. The van der Waals surface area contributed by atoms with Crippen molar-refractivity contribution in [3.63, 3.8) is 0 Å². The van der Waals surface area contributed by atoms with E-state index in [-0.39, 0.29) is 25.0 Å². The highest BCUT2D eigenvalue weighted by atomic mass is 79.9. The number of hydrogen-bond acceptors (Lipinski definition) is 3. The molecule has 5 nitrogen and oxygen atoms in total. The normalized spacial score (nSPS) is 11.5. The molecule has 0 aliphatic carbocycles. The maximum Gasteiger partial charge on any atom is 0.261 e. The van der Waals surface area contributed by atoms with Gasteiger partial charge in [-0.3, -0.25) is 9.59 Å². The summed E-state index contributed by atoms with van der Waals surface area (Å²) in [4.78, 5) is 28.3. The topological polar surface area (TPSA) is 58.6 Å². The molecule has 178 valence electrons. The molecule has 0 radical (unpaired) electrons. The second-order valence-electron chi connectivity index (χ2n) is 7.89. The molecule has 0 aliphatic heterocycles. The van der Waals surface area contributed by atoms with Gasteiger partial charge in [0.25, 0.3) is 5.91 Å². The Labute approximate surface area is 214 Å². The van der Waals surface area contributed by atoms with Crippen LogP contribution < -0.4 is 10.1 Å². The van der Waals surface area contributed by atoms with Gasteiger partial charge in [-0.25, -0.2) is 0 Å². The third kappa shape index (κ3) is 7.89. The Kier molecular flexibility index (Phi) is 9.98. The minimum Gasteiger partial charge on any atom is -0.484 e. The van der Waals surface area contributed by atoms with Crippen molar-refractivity contribution in [2.24, 2.45) is 0 Å². The van der Waals surface area contributed by atoms with Crippen molar-refractivity contribution in [2.75, 3.05) is 13.2 Å². The third-order valence-electron chi connectivity index (χ3n) is 5.24. The molecular formula is C27H28BrClN2O3. The molecule has 0 aliphatic rings. The fraction of sp³-hybridized carbons (Fsp3) is 0.259. The lowest BCUT2D eigenvalue weighted by Gasteiger charge is -2.31. The van der Waals surface area contributed by atoms with Crippen molar-refractivity contribution >= 4 is 39.3 Å². The number of hydrogen-bond donors (Lipinski definition) is 1. The second kappa shape index (κ2) is 13.2. The highest BCUT2D eigenvalue weighted by Crippen LogP contribution is 2.19. The lowest BCUT2D eigenvalue weighted by atomic mass is 10.0. The van der Waals surface area contributed by atoms with E-state index in [1.165, 1.54) is 0 Å². The minimum absolute atomic E-state index is 0.182. The number of nitrogens with zero attached hydrogens (tertiary/aromatic N) is 1. The molecule has 0 spiro atoms. The molecule has 1 atom stereocenters. The Morgan fingerprint density at radius 1 is 1.00 bits per heavy atom. The van der Waals surface area contributed by atoms with Gasteiger partial charge >= 0.3 is 0 Å². The van der Waals surface area contributed by atoms with E-state index in [1.54, 1.807) is 29.2 Å². The first-order valence-corrected chi connectivity index (χ1v) is 12.4. The zero-order chi connectivity index (χ0) is 24.3. The summed E-state index contributed by atoms with van der Waals surface area (Å²) in [5.74, 6) is 0.0360. The van der Waals surface area contributed by atoms with E-state index in [1.807, 2.05) is 61.5 Å². The predicted octanol–water partition coefficient (Wildman–Crippen LogP) is 5.65. The summed E-state index contributed by atoms with van der Waals surface area (Å²) in [6.45, 7) is 2.62. The van der Waals surface area contributed by atoms with Crippen molar-refractivity contribution in [1.82, 2.24) is 10.2 Å². The first-order chi connectivity index (χ1) is 16.5. The molecule has 2 amide bonds. The van der Waals surface area contributed by atoms with Crippen LogP contribution in [-0.2, 0) is 22.6 Å². The summed E-state index contributed by atoms with van der Waals surface area (Å²) in [6, 6.07) is 23.6. The molecule has 1 N–H and O–H groups in total. The minimum atomic E-state index is -0.687. The van der Waals surface area contributed by atoms with Gasteiger partial charge in [0.2, 0.25) is 5.91 Å². The van der Waals surface area contributed by atoms with Crippen LogP contribution in [0.1, 0.15) is 24.5 Å².